The van der Waals surface area contributed by atoms with E-state index in [1.807, 2.05) is 45.9 Å². The molecule has 30 heavy (non-hydrogen) atoms. The van der Waals surface area contributed by atoms with Gasteiger partial charge in [-0.3, -0.25) is 4.99 Å². The number of carbonyl (C=O) groups excluding carboxylic acids is 1. The number of hydrogen-bond acceptors (Lipinski definition) is 4. The molecule has 170 valence electrons. The Bertz CT molecular complexity index is 683. The average Bonchev–Trinajstić information content (AvgIpc) is 2.68. The predicted octanol–water partition coefficient (Wildman–Crippen LogP) is 4.02. The van der Waals surface area contributed by atoms with Crippen LogP contribution in [-0.4, -0.2) is 55.8 Å². The number of carbonyl (C=O) groups is 1. The highest BCUT2D eigenvalue weighted by molar-refractivity contribution is 14.0. The minimum absolute atomic E-state index is 0. The summed E-state index contributed by atoms with van der Waals surface area (Å²) in [4.78, 5) is 18.3. The molecule has 0 radical (unpaired) electrons. The molecule has 1 fully saturated rings. The zero-order valence-electron chi connectivity index (χ0n) is 18.9. The van der Waals surface area contributed by atoms with Gasteiger partial charge in [-0.15, -0.1) is 24.0 Å². The summed E-state index contributed by atoms with van der Waals surface area (Å²) in [6.07, 6.45) is 1.70. The molecule has 2 rings (SSSR count). The molecule has 1 aliphatic heterocycles. The van der Waals surface area contributed by atoms with Crippen molar-refractivity contribution in [3.8, 4) is 5.75 Å². The largest absolute Gasteiger partial charge is 0.494 e. The normalized spacial score (nSPS) is 15.2. The van der Waals surface area contributed by atoms with Crippen molar-refractivity contribution < 1.29 is 14.3 Å². The summed E-state index contributed by atoms with van der Waals surface area (Å²) in [6.45, 7) is 11.3. The molecule has 1 aliphatic rings. The van der Waals surface area contributed by atoms with Gasteiger partial charge in [-0.2, -0.15) is 0 Å². The number of nitrogens with one attached hydrogen (secondary N) is 2. The highest BCUT2D eigenvalue weighted by Crippen LogP contribution is 2.19. The number of hydrogen-bond donors (Lipinski definition) is 2. The summed E-state index contributed by atoms with van der Waals surface area (Å²) in [5.41, 5.74) is 0.650. The first kappa shape index (κ1) is 26.3. The van der Waals surface area contributed by atoms with Crippen LogP contribution in [-0.2, 0) is 11.3 Å². The molecule has 1 aromatic carbocycles. The van der Waals surface area contributed by atoms with Crippen LogP contribution in [0.5, 0.6) is 5.75 Å². The van der Waals surface area contributed by atoms with E-state index in [1.165, 1.54) is 0 Å². The lowest BCUT2D eigenvalue weighted by atomic mass is 9.97. The number of likely N-dealkylation sites (tertiary alicyclic amines) is 1. The summed E-state index contributed by atoms with van der Waals surface area (Å²) >= 11 is 0. The van der Waals surface area contributed by atoms with Crippen LogP contribution >= 0.6 is 24.0 Å². The quantitative estimate of drug-likeness (QED) is 0.329. The Hall–Kier alpha value is -1.71. The van der Waals surface area contributed by atoms with Crippen molar-refractivity contribution in [3.05, 3.63) is 29.8 Å². The zero-order valence-corrected chi connectivity index (χ0v) is 21.2. The molecule has 2 N–H and O–H groups in total. The lowest BCUT2D eigenvalue weighted by Crippen LogP contribution is -2.45. The summed E-state index contributed by atoms with van der Waals surface area (Å²) < 4.78 is 11.1. The molecule has 0 spiro atoms. The number of nitrogens with zero attached hydrogens (tertiary/aromatic N) is 2. The van der Waals surface area contributed by atoms with Crippen molar-refractivity contribution in [1.82, 2.24) is 15.5 Å². The molecule has 7 nitrogen and oxygen atoms in total. The maximum Gasteiger partial charge on any atom is 0.410 e. The van der Waals surface area contributed by atoms with Crippen molar-refractivity contribution in [2.45, 2.75) is 52.7 Å². The number of para-hydroxylation sites is 1. The molecule has 0 atom stereocenters. The van der Waals surface area contributed by atoms with E-state index in [2.05, 4.69) is 21.7 Å². The highest BCUT2D eigenvalue weighted by Gasteiger charge is 2.26. The van der Waals surface area contributed by atoms with Gasteiger partial charge in [0, 0.05) is 38.8 Å². The smallest absolute Gasteiger partial charge is 0.410 e. The van der Waals surface area contributed by atoms with E-state index in [0.717, 1.165) is 49.7 Å². The Morgan fingerprint density at radius 3 is 2.47 bits per heavy atom. The van der Waals surface area contributed by atoms with E-state index in [-0.39, 0.29) is 30.1 Å². The van der Waals surface area contributed by atoms with Gasteiger partial charge < -0.3 is 25.0 Å². The predicted molar refractivity (Wildman–Crippen MR) is 132 cm³/mol. The van der Waals surface area contributed by atoms with Gasteiger partial charge in [0.2, 0.25) is 0 Å². The van der Waals surface area contributed by atoms with Crippen molar-refractivity contribution >= 4 is 36.0 Å². The molecule has 1 aromatic rings. The molecular formula is C22H37IN4O3. The van der Waals surface area contributed by atoms with E-state index in [0.29, 0.717) is 19.1 Å². The van der Waals surface area contributed by atoms with E-state index in [4.69, 9.17) is 9.47 Å². The minimum Gasteiger partial charge on any atom is -0.494 e. The Morgan fingerprint density at radius 2 is 1.87 bits per heavy atom. The van der Waals surface area contributed by atoms with Gasteiger partial charge in [-0.25, -0.2) is 4.79 Å². The monoisotopic (exact) mass is 532 g/mol. The van der Waals surface area contributed by atoms with Gasteiger partial charge >= 0.3 is 6.09 Å². The second-order valence-corrected chi connectivity index (χ2v) is 8.26. The maximum atomic E-state index is 12.2. The van der Waals surface area contributed by atoms with Crippen LogP contribution in [0, 0.1) is 5.92 Å². The SMILES string of the molecule is CCOc1ccccc1CNC(=NC)NCC1CCN(C(=O)OC(C)(C)C)CC1.I. The van der Waals surface area contributed by atoms with Crippen LogP contribution in [0.3, 0.4) is 0 Å². The molecule has 1 saturated heterocycles. The number of piperidine rings is 1. The van der Waals surface area contributed by atoms with Crippen molar-refractivity contribution in [2.75, 3.05) is 33.3 Å². The topological polar surface area (TPSA) is 75.2 Å². The molecule has 1 amide bonds. The molecule has 0 bridgehead atoms. The van der Waals surface area contributed by atoms with E-state index in [1.54, 1.807) is 11.9 Å². The molecular weight excluding hydrogens is 495 g/mol. The Kier molecular flexibility index (Phi) is 11.3. The van der Waals surface area contributed by atoms with E-state index in [9.17, 15) is 4.79 Å². The van der Waals surface area contributed by atoms with Crippen LogP contribution in [0.4, 0.5) is 4.79 Å². The zero-order chi connectivity index (χ0) is 21.3. The average molecular weight is 532 g/mol. The number of amides is 1. The van der Waals surface area contributed by atoms with Gasteiger partial charge in [-0.1, -0.05) is 18.2 Å². The summed E-state index contributed by atoms with van der Waals surface area (Å²) in [7, 11) is 1.77. The first-order valence-electron chi connectivity index (χ1n) is 10.5. The van der Waals surface area contributed by atoms with Gasteiger partial charge in [-0.05, 0) is 52.5 Å². The molecule has 0 unspecified atom stereocenters. The highest BCUT2D eigenvalue weighted by atomic mass is 127. The van der Waals surface area contributed by atoms with Gasteiger partial charge in [0.15, 0.2) is 5.96 Å². The van der Waals surface area contributed by atoms with Gasteiger partial charge in [0.05, 0.1) is 6.61 Å². The number of rotatable bonds is 6. The first-order chi connectivity index (χ1) is 13.8. The van der Waals surface area contributed by atoms with Crippen LogP contribution in [0.25, 0.3) is 0 Å². The number of benzene rings is 1. The lowest BCUT2D eigenvalue weighted by molar-refractivity contribution is 0.0185. The number of ether oxygens (including phenoxy) is 2. The summed E-state index contributed by atoms with van der Waals surface area (Å²) in [5, 5.41) is 6.76. The fraction of sp³-hybridized carbons (Fsp3) is 0.636. The molecule has 0 saturated carbocycles. The fourth-order valence-electron chi connectivity index (χ4n) is 3.23. The summed E-state index contributed by atoms with van der Waals surface area (Å²) in [6, 6.07) is 8.02. The van der Waals surface area contributed by atoms with E-state index < -0.39 is 5.60 Å². The lowest BCUT2D eigenvalue weighted by Gasteiger charge is -2.33. The molecule has 1 heterocycles. The molecule has 8 heteroatoms. The van der Waals surface area contributed by atoms with Gasteiger partial charge in [0.25, 0.3) is 0 Å². The van der Waals surface area contributed by atoms with Gasteiger partial charge in [0.1, 0.15) is 11.4 Å². The van der Waals surface area contributed by atoms with Crippen molar-refractivity contribution in [2.24, 2.45) is 10.9 Å². The fourth-order valence-corrected chi connectivity index (χ4v) is 3.23. The van der Waals surface area contributed by atoms with Crippen LogP contribution in [0.2, 0.25) is 0 Å². The van der Waals surface area contributed by atoms with E-state index >= 15 is 0 Å². The second kappa shape index (κ2) is 12.9. The molecule has 0 aliphatic carbocycles. The Morgan fingerprint density at radius 1 is 1.20 bits per heavy atom. The maximum absolute atomic E-state index is 12.2. The summed E-state index contributed by atoms with van der Waals surface area (Å²) in [5.74, 6) is 2.17. The third-order valence-corrected chi connectivity index (χ3v) is 4.77. The Labute approximate surface area is 198 Å². The number of aliphatic imine (C=N–C) groups is 1. The van der Waals surface area contributed by atoms with Crippen LogP contribution in [0.1, 0.15) is 46.1 Å². The standard InChI is InChI=1S/C22H36N4O3.HI/c1-6-28-19-10-8-7-9-18(19)16-25-20(23-5)24-15-17-11-13-26(14-12-17)21(27)29-22(2,3)4;/h7-10,17H,6,11-16H2,1-5H3,(H2,23,24,25);1H. The van der Waals surface area contributed by atoms with Crippen LogP contribution in [0.15, 0.2) is 29.3 Å². The minimum atomic E-state index is -0.450. The number of guanidine groups is 1. The third-order valence-electron chi connectivity index (χ3n) is 4.77. The molecule has 0 aromatic heterocycles. The second-order valence-electron chi connectivity index (χ2n) is 8.26. The first-order valence-corrected chi connectivity index (χ1v) is 10.5. The third kappa shape index (κ3) is 8.97. The number of halogens is 1. The van der Waals surface area contributed by atoms with Crippen molar-refractivity contribution in [1.29, 1.82) is 0 Å². The van der Waals surface area contributed by atoms with Crippen LogP contribution < -0.4 is 15.4 Å². The van der Waals surface area contributed by atoms with Crippen molar-refractivity contribution in [3.63, 3.8) is 0 Å². The Balaban J connectivity index is 0.00000450.